The summed E-state index contributed by atoms with van der Waals surface area (Å²) >= 11 is 0. The van der Waals surface area contributed by atoms with E-state index in [1.165, 1.54) is 0 Å². The highest BCUT2D eigenvalue weighted by molar-refractivity contribution is 5.78. The van der Waals surface area contributed by atoms with Crippen LogP contribution in [0.4, 0.5) is 0 Å². The Labute approximate surface area is 141 Å². The molecule has 2 aromatic rings. The van der Waals surface area contributed by atoms with E-state index in [1.807, 2.05) is 22.9 Å². The van der Waals surface area contributed by atoms with Crippen LogP contribution in [0.3, 0.4) is 0 Å². The number of carbonyl (C=O) groups is 1. The molecule has 128 valence electrons. The predicted octanol–water partition coefficient (Wildman–Crippen LogP) is 1.01. The van der Waals surface area contributed by atoms with E-state index in [9.17, 15) is 4.79 Å². The zero-order valence-electron chi connectivity index (χ0n) is 14.3. The van der Waals surface area contributed by atoms with Crippen molar-refractivity contribution in [2.24, 2.45) is 5.92 Å². The van der Waals surface area contributed by atoms with Crippen LogP contribution in [-0.2, 0) is 24.4 Å². The molecular weight excluding hydrogens is 306 g/mol. The molecule has 7 nitrogen and oxygen atoms in total. The Bertz CT molecular complexity index is 713. The van der Waals surface area contributed by atoms with Crippen LogP contribution in [0.1, 0.15) is 11.4 Å². The second kappa shape index (κ2) is 7.00. The number of benzene rings is 1. The van der Waals surface area contributed by atoms with E-state index < -0.39 is 0 Å². The largest absolute Gasteiger partial charge is 0.497 e. The first-order valence-electron chi connectivity index (χ1n) is 8.00. The van der Waals surface area contributed by atoms with Gasteiger partial charge in [0.15, 0.2) is 0 Å². The number of hydrogen-bond acceptors (Lipinski definition) is 5. The molecule has 1 aliphatic heterocycles. The lowest BCUT2D eigenvalue weighted by molar-refractivity contribution is -0.134. The topological polar surface area (TPSA) is 63.5 Å². The number of nitrogens with zero attached hydrogens (tertiary/aromatic N) is 5. The van der Waals surface area contributed by atoms with Crippen LogP contribution in [0.25, 0.3) is 0 Å². The lowest BCUT2D eigenvalue weighted by Gasteiger charge is -2.25. The Morgan fingerprint density at radius 1 is 1.38 bits per heavy atom. The van der Waals surface area contributed by atoms with E-state index in [0.717, 1.165) is 23.7 Å². The lowest BCUT2D eigenvalue weighted by Crippen LogP contribution is -2.38. The van der Waals surface area contributed by atoms with Gasteiger partial charge in [-0.1, -0.05) is 12.1 Å². The predicted molar refractivity (Wildman–Crippen MR) is 89.3 cm³/mol. The van der Waals surface area contributed by atoms with Crippen molar-refractivity contribution in [2.45, 2.75) is 19.6 Å². The summed E-state index contributed by atoms with van der Waals surface area (Å²) in [5, 5.41) is 4.27. The summed E-state index contributed by atoms with van der Waals surface area (Å²) in [4.78, 5) is 20.7. The zero-order valence-corrected chi connectivity index (χ0v) is 14.3. The molecule has 0 radical (unpaired) electrons. The summed E-state index contributed by atoms with van der Waals surface area (Å²) in [6.07, 6.45) is 1.56. The summed E-state index contributed by atoms with van der Waals surface area (Å²) in [6.45, 7) is 2.66. The molecule has 0 bridgehead atoms. The SMILES string of the molecule is COc1cccc(CN2Cc3ncnn3C[C@H](C(=O)N(C)C)C2)c1. The van der Waals surface area contributed by atoms with Crippen LogP contribution in [0.15, 0.2) is 30.6 Å². The number of carbonyl (C=O) groups excluding carboxylic acids is 1. The number of rotatable bonds is 4. The normalized spacial score (nSPS) is 17.9. The zero-order chi connectivity index (χ0) is 17.1. The summed E-state index contributed by atoms with van der Waals surface area (Å²) in [7, 11) is 5.25. The van der Waals surface area contributed by atoms with Gasteiger partial charge in [0.05, 0.1) is 26.1 Å². The monoisotopic (exact) mass is 329 g/mol. The fourth-order valence-corrected chi connectivity index (χ4v) is 3.08. The van der Waals surface area contributed by atoms with Crippen molar-refractivity contribution in [1.29, 1.82) is 0 Å². The van der Waals surface area contributed by atoms with E-state index in [1.54, 1.807) is 32.4 Å². The van der Waals surface area contributed by atoms with Gasteiger partial charge in [-0.25, -0.2) is 9.67 Å². The highest BCUT2D eigenvalue weighted by Crippen LogP contribution is 2.20. The number of ether oxygens (including phenoxy) is 1. The Morgan fingerprint density at radius 2 is 2.21 bits per heavy atom. The summed E-state index contributed by atoms with van der Waals surface area (Å²) in [6, 6.07) is 8.01. The number of fused-ring (bicyclic) bond motifs is 1. The average molecular weight is 329 g/mol. The van der Waals surface area contributed by atoms with Crippen molar-refractivity contribution < 1.29 is 9.53 Å². The number of hydrogen-bond donors (Lipinski definition) is 0. The van der Waals surface area contributed by atoms with Crippen molar-refractivity contribution in [3.8, 4) is 5.75 Å². The number of aromatic nitrogens is 3. The minimum atomic E-state index is -0.131. The molecule has 0 N–H and O–H groups in total. The molecule has 1 aliphatic rings. The van der Waals surface area contributed by atoms with E-state index in [-0.39, 0.29) is 11.8 Å². The maximum Gasteiger partial charge on any atom is 0.228 e. The molecule has 2 heterocycles. The molecule has 0 saturated carbocycles. The quantitative estimate of drug-likeness (QED) is 0.838. The van der Waals surface area contributed by atoms with Crippen molar-refractivity contribution in [1.82, 2.24) is 24.6 Å². The molecule has 3 rings (SSSR count). The summed E-state index contributed by atoms with van der Waals surface area (Å²) in [5.74, 6) is 1.72. The number of amides is 1. The minimum Gasteiger partial charge on any atom is -0.497 e. The molecule has 0 fully saturated rings. The number of methoxy groups -OCH3 is 1. The molecule has 0 unspecified atom stereocenters. The molecule has 24 heavy (non-hydrogen) atoms. The van der Waals surface area contributed by atoms with Crippen molar-refractivity contribution >= 4 is 5.91 Å². The Morgan fingerprint density at radius 3 is 2.96 bits per heavy atom. The standard InChI is InChI=1S/C17H23N5O2/c1-20(2)17(23)14-9-21(11-16-18-12-19-22(16)10-14)8-13-5-4-6-15(7-13)24-3/h4-7,12,14H,8-11H2,1-3H3/t14-/m1/s1. The van der Waals surface area contributed by atoms with Gasteiger partial charge in [-0.15, -0.1) is 0 Å². The lowest BCUT2D eigenvalue weighted by atomic mass is 10.1. The fourth-order valence-electron chi connectivity index (χ4n) is 3.08. The van der Waals surface area contributed by atoms with Gasteiger partial charge in [-0.05, 0) is 17.7 Å². The second-order valence-corrected chi connectivity index (χ2v) is 6.31. The van der Waals surface area contributed by atoms with Gasteiger partial charge in [0, 0.05) is 27.2 Å². The van der Waals surface area contributed by atoms with E-state index >= 15 is 0 Å². The van der Waals surface area contributed by atoms with Crippen LogP contribution >= 0.6 is 0 Å². The Kier molecular flexibility index (Phi) is 4.80. The summed E-state index contributed by atoms with van der Waals surface area (Å²) < 4.78 is 7.14. The van der Waals surface area contributed by atoms with Gasteiger partial charge >= 0.3 is 0 Å². The van der Waals surface area contributed by atoms with Crippen LogP contribution in [-0.4, -0.2) is 58.2 Å². The van der Waals surface area contributed by atoms with Crippen molar-refractivity contribution in [2.75, 3.05) is 27.7 Å². The molecule has 1 aromatic heterocycles. The van der Waals surface area contributed by atoms with E-state index in [2.05, 4.69) is 21.0 Å². The van der Waals surface area contributed by atoms with Crippen LogP contribution in [0.2, 0.25) is 0 Å². The summed E-state index contributed by atoms with van der Waals surface area (Å²) in [5.41, 5.74) is 1.15. The molecule has 1 aromatic carbocycles. The Hall–Kier alpha value is -2.41. The first kappa shape index (κ1) is 16.4. The van der Waals surface area contributed by atoms with Gasteiger partial charge in [-0.2, -0.15) is 5.10 Å². The van der Waals surface area contributed by atoms with E-state index in [4.69, 9.17) is 4.74 Å². The third-order valence-corrected chi connectivity index (χ3v) is 4.26. The highest BCUT2D eigenvalue weighted by Gasteiger charge is 2.29. The van der Waals surface area contributed by atoms with Crippen molar-refractivity contribution in [3.63, 3.8) is 0 Å². The molecule has 0 spiro atoms. The second-order valence-electron chi connectivity index (χ2n) is 6.31. The molecule has 0 saturated heterocycles. The Balaban J connectivity index is 1.82. The third-order valence-electron chi connectivity index (χ3n) is 4.26. The molecule has 7 heteroatoms. The molecule has 0 aliphatic carbocycles. The van der Waals surface area contributed by atoms with E-state index in [0.29, 0.717) is 19.6 Å². The molecule has 1 atom stereocenters. The van der Waals surface area contributed by atoms with Gasteiger partial charge in [0.2, 0.25) is 5.91 Å². The first-order chi connectivity index (χ1) is 11.6. The first-order valence-corrected chi connectivity index (χ1v) is 8.00. The van der Waals surface area contributed by atoms with Gasteiger partial charge in [-0.3, -0.25) is 9.69 Å². The van der Waals surface area contributed by atoms with Gasteiger partial charge < -0.3 is 9.64 Å². The molecular formula is C17H23N5O2. The maximum absolute atomic E-state index is 12.5. The average Bonchev–Trinajstić information content (AvgIpc) is 2.93. The highest BCUT2D eigenvalue weighted by atomic mass is 16.5. The smallest absolute Gasteiger partial charge is 0.228 e. The van der Waals surface area contributed by atoms with Crippen LogP contribution in [0, 0.1) is 5.92 Å². The molecule has 1 amide bonds. The maximum atomic E-state index is 12.5. The van der Waals surface area contributed by atoms with Crippen LogP contribution < -0.4 is 4.74 Å². The minimum absolute atomic E-state index is 0.119. The van der Waals surface area contributed by atoms with Gasteiger partial charge in [0.1, 0.15) is 17.9 Å². The van der Waals surface area contributed by atoms with Crippen molar-refractivity contribution in [3.05, 3.63) is 42.0 Å². The van der Waals surface area contributed by atoms with Gasteiger partial charge in [0.25, 0.3) is 0 Å². The fraction of sp³-hybridized carbons (Fsp3) is 0.471. The third kappa shape index (κ3) is 3.56. The van der Waals surface area contributed by atoms with Crippen LogP contribution in [0.5, 0.6) is 5.75 Å².